The molecule has 3 nitrogen and oxygen atoms in total. The van der Waals surface area contributed by atoms with E-state index in [0.717, 1.165) is 24.2 Å². The molecule has 0 radical (unpaired) electrons. The maximum Gasteiger partial charge on any atom is 0.0715 e. The summed E-state index contributed by atoms with van der Waals surface area (Å²) in [5, 5.41) is 13.5. The van der Waals surface area contributed by atoms with Gasteiger partial charge in [-0.1, -0.05) is 36.8 Å². The smallest absolute Gasteiger partial charge is 0.0715 e. The second-order valence-corrected chi connectivity index (χ2v) is 4.27. The fraction of sp³-hybridized carbons (Fsp3) is 0.357. The number of nitrogens with zero attached hydrogens (tertiary/aromatic N) is 2. The van der Waals surface area contributed by atoms with Crippen molar-refractivity contribution < 1.29 is 5.11 Å². The lowest BCUT2D eigenvalue weighted by Crippen LogP contribution is -2.06. The molecule has 1 N–H and O–H groups in total. The minimum atomic E-state index is 0.0665. The zero-order valence-corrected chi connectivity index (χ0v) is 10.3. The molecule has 0 bridgehead atoms. The number of aliphatic hydroxyl groups is 1. The van der Waals surface area contributed by atoms with E-state index < -0.39 is 0 Å². The third-order valence-corrected chi connectivity index (χ3v) is 2.99. The standard InChI is InChI=1S/C14H18N2O/c1-3-14-13(10-17)8-15-16(14)9-12-6-4-11(2)5-7-12/h4-8,17H,3,9-10H2,1-2H3. The van der Waals surface area contributed by atoms with Crippen molar-refractivity contribution in [3.63, 3.8) is 0 Å². The molecule has 0 aliphatic heterocycles. The van der Waals surface area contributed by atoms with Crippen LogP contribution in [0.15, 0.2) is 30.5 Å². The zero-order chi connectivity index (χ0) is 12.3. The highest BCUT2D eigenvalue weighted by Crippen LogP contribution is 2.12. The van der Waals surface area contributed by atoms with Gasteiger partial charge in [0.1, 0.15) is 0 Å². The first kappa shape index (κ1) is 11.9. The number of hydrogen-bond acceptors (Lipinski definition) is 2. The lowest BCUT2D eigenvalue weighted by molar-refractivity contribution is 0.280. The molecule has 0 spiro atoms. The zero-order valence-electron chi connectivity index (χ0n) is 10.3. The molecule has 1 aromatic heterocycles. The van der Waals surface area contributed by atoms with Crippen molar-refractivity contribution >= 4 is 0 Å². The van der Waals surface area contributed by atoms with Crippen LogP contribution in [0, 0.1) is 6.92 Å². The first-order chi connectivity index (χ1) is 8.24. The van der Waals surface area contributed by atoms with Gasteiger partial charge in [0.15, 0.2) is 0 Å². The van der Waals surface area contributed by atoms with Crippen molar-refractivity contribution in [3.8, 4) is 0 Å². The molecule has 3 heteroatoms. The molecular formula is C14H18N2O. The van der Waals surface area contributed by atoms with Crippen molar-refractivity contribution in [2.75, 3.05) is 0 Å². The second-order valence-electron chi connectivity index (χ2n) is 4.27. The average Bonchev–Trinajstić information content (AvgIpc) is 2.74. The van der Waals surface area contributed by atoms with E-state index in [-0.39, 0.29) is 6.61 Å². The molecule has 90 valence electrons. The van der Waals surface area contributed by atoms with E-state index in [2.05, 4.69) is 43.2 Å². The lowest BCUT2D eigenvalue weighted by Gasteiger charge is -2.07. The van der Waals surface area contributed by atoms with Gasteiger partial charge in [-0.05, 0) is 18.9 Å². The largest absolute Gasteiger partial charge is 0.392 e. The highest BCUT2D eigenvalue weighted by molar-refractivity contribution is 5.23. The van der Waals surface area contributed by atoms with Crippen molar-refractivity contribution in [1.82, 2.24) is 9.78 Å². The third kappa shape index (κ3) is 2.56. The van der Waals surface area contributed by atoms with Crippen LogP contribution in [-0.4, -0.2) is 14.9 Å². The van der Waals surface area contributed by atoms with E-state index in [1.807, 2.05) is 4.68 Å². The van der Waals surface area contributed by atoms with Gasteiger partial charge in [0.2, 0.25) is 0 Å². The molecule has 0 aliphatic carbocycles. The van der Waals surface area contributed by atoms with E-state index in [0.29, 0.717) is 0 Å². The van der Waals surface area contributed by atoms with Crippen LogP contribution in [0.5, 0.6) is 0 Å². The Morgan fingerprint density at radius 1 is 1.24 bits per heavy atom. The van der Waals surface area contributed by atoms with Gasteiger partial charge in [0.05, 0.1) is 19.3 Å². The predicted octanol–water partition coefficient (Wildman–Crippen LogP) is 2.29. The number of aryl methyl sites for hydroxylation is 1. The Kier molecular flexibility index (Phi) is 3.59. The van der Waals surface area contributed by atoms with Gasteiger partial charge in [-0.2, -0.15) is 5.10 Å². The number of aliphatic hydroxyl groups excluding tert-OH is 1. The summed E-state index contributed by atoms with van der Waals surface area (Å²) in [6.45, 7) is 5.00. The minimum Gasteiger partial charge on any atom is -0.392 e. The van der Waals surface area contributed by atoms with Crippen LogP contribution < -0.4 is 0 Å². The first-order valence-corrected chi connectivity index (χ1v) is 5.94. The SMILES string of the molecule is CCc1c(CO)cnn1Cc1ccc(C)cc1. The maximum absolute atomic E-state index is 9.21. The Balaban J connectivity index is 2.23. The minimum absolute atomic E-state index is 0.0665. The summed E-state index contributed by atoms with van der Waals surface area (Å²) < 4.78 is 1.97. The van der Waals surface area contributed by atoms with Crippen LogP contribution in [0.1, 0.15) is 29.3 Å². The predicted molar refractivity (Wildman–Crippen MR) is 67.8 cm³/mol. The van der Waals surface area contributed by atoms with Gasteiger partial charge in [0.25, 0.3) is 0 Å². The number of aromatic nitrogens is 2. The van der Waals surface area contributed by atoms with E-state index in [1.165, 1.54) is 11.1 Å². The van der Waals surface area contributed by atoms with Crippen LogP contribution in [-0.2, 0) is 19.6 Å². The Morgan fingerprint density at radius 3 is 2.53 bits per heavy atom. The van der Waals surface area contributed by atoms with Crippen molar-refractivity contribution in [1.29, 1.82) is 0 Å². The summed E-state index contributed by atoms with van der Waals surface area (Å²) in [6.07, 6.45) is 2.65. The molecular weight excluding hydrogens is 212 g/mol. The van der Waals surface area contributed by atoms with Crippen LogP contribution in [0.2, 0.25) is 0 Å². The Hall–Kier alpha value is -1.61. The summed E-state index contributed by atoms with van der Waals surface area (Å²) in [4.78, 5) is 0. The van der Waals surface area contributed by atoms with Gasteiger partial charge >= 0.3 is 0 Å². The number of benzene rings is 1. The van der Waals surface area contributed by atoms with Crippen molar-refractivity contribution in [2.45, 2.75) is 33.4 Å². The molecule has 1 heterocycles. The van der Waals surface area contributed by atoms with Crippen LogP contribution >= 0.6 is 0 Å². The first-order valence-electron chi connectivity index (χ1n) is 5.94. The number of rotatable bonds is 4. The Bertz CT molecular complexity index is 485. The summed E-state index contributed by atoms with van der Waals surface area (Å²) in [5.41, 5.74) is 4.55. The quantitative estimate of drug-likeness (QED) is 0.875. The number of hydrogen-bond donors (Lipinski definition) is 1. The van der Waals surface area contributed by atoms with E-state index >= 15 is 0 Å². The normalized spacial score (nSPS) is 10.8. The summed E-state index contributed by atoms with van der Waals surface area (Å²) >= 11 is 0. The second kappa shape index (κ2) is 5.15. The van der Waals surface area contributed by atoms with Gasteiger partial charge in [-0.25, -0.2) is 0 Å². The highest BCUT2D eigenvalue weighted by atomic mass is 16.3. The topological polar surface area (TPSA) is 38.1 Å². The van der Waals surface area contributed by atoms with Gasteiger partial charge < -0.3 is 5.11 Å². The molecule has 0 aliphatic rings. The van der Waals surface area contributed by atoms with Crippen LogP contribution in [0.25, 0.3) is 0 Å². The van der Waals surface area contributed by atoms with Crippen LogP contribution in [0.3, 0.4) is 0 Å². The average molecular weight is 230 g/mol. The molecule has 0 unspecified atom stereocenters. The monoisotopic (exact) mass is 230 g/mol. The lowest BCUT2D eigenvalue weighted by atomic mass is 10.1. The van der Waals surface area contributed by atoms with Gasteiger partial charge in [-0.15, -0.1) is 0 Å². The maximum atomic E-state index is 9.21. The van der Waals surface area contributed by atoms with E-state index in [4.69, 9.17) is 0 Å². The van der Waals surface area contributed by atoms with Crippen LogP contribution in [0.4, 0.5) is 0 Å². The summed E-state index contributed by atoms with van der Waals surface area (Å²) in [6, 6.07) is 8.46. The summed E-state index contributed by atoms with van der Waals surface area (Å²) in [5.74, 6) is 0. The van der Waals surface area contributed by atoms with E-state index in [9.17, 15) is 5.11 Å². The molecule has 1 aromatic carbocycles. The molecule has 2 aromatic rings. The summed E-state index contributed by atoms with van der Waals surface area (Å²) in [7, 11) is 0. The molecule has 17 heavy (non-hydrogen) atoms. The Morgan fingerprint density at radius 2 is 1.94 bits per heavy atom. The van der Waals surface area contributed by atoms with Gasteiger partial charge in [0, 0.05) is 11.3 Å². The fourth-order valence-corrected chi connectivity index (χ4v) is 1.99. The van der Waals surface area contributed by atoms with Gasteiger partial charge in [-0.3, -0.25) is 4.68 Å². The van der Waals surface area contributed by atoms with Crippen molar-refractivity contribution in [3.05, 3.63) is 52.8 Å². The van der Waals surface area contributed by atoms with Crippen molar-refractivity contribution in [2.24, 2.45) is 0 Å². The van der Waals surface area contributed by atoms with E-state index in [1.54, 1.807) is 6.20 Å². The molecule has 0 fully saturated rings. The highest BCUT2D eigenvalue weighted by Gasteiger charge is 2.08. The third-order valence-electron chi connectivity index (χ3n) is 2.99. The molecule has 0 amide bonds. The molecule has 0 saturated carbocycles. The fourth-order valence-electron chi connectivity index (χ4n) is 1.99. The Labute approximate surface area is 102 Å². The molecule has 0 atom stereocenters. The molecule has 0 saturated heterocycles. The molecule has 2 rings (SSSR count).